The molecular formula is C23H29N7O4. The van der Waals surface area contributed by atoms with Crippen LogP contribution in [-0.2, 0) is 4.74 Å². The molecule has 11 nitrogen and oxygen atoms in total. The topological polar surface area (TPSA) is 135 Å². The van der Waals surface area contributed by atoms with E-state index in [0.717, 1.165) is 19.3 Å². The molecule has 2 aliphatic carbocycles. The fourth-order valence-corrected chi connectivity index (χ4v) is 4.56. The van der Waals surface area contributed by atoms with Crippen LogP contribution in [0, 0.1) is 0 Å². The van der Waals surface area contributed by atoms with Crippen LogP contribution in [0.3, 0.4) is 0 Å². The van der Waals surface area contributed by atoms with E-state index in [0.29, 0.717) is 35.0 Å². The smallest absolute Gasteiger partial charge is 0.274 e. The third-order valence-electron chi connectivity index (χ3n) is 7.21. The number of fused-ring (bicyclic) bond motifs is 1. The van der Waals surface area contributed by atoms with Crippen molar-refractivity contribution in [2.24, 2.45) is 0 Å². The fourth-order valence-electron chi connectivity index (χ4n) is 4.56. The predicted octanol–water partition coefficient (Wildman–Crippen LogP) is 1.67. The van der Waals surface area contributed by atoms with Gasteiger partial charge in [0.2, 0.25) is 0 Å². The molecule has 0 aliphatic heterocycles. The molecule has 0 bridgehead atoms. The van der Waals surface area contributed by atoms with Gasteiger partial charge in [-0.3, -0.25) is 9.59 Å². The van der Waals surface area contributed by atoms with Crippen LogP contribution < -0.4 is 21.5 Å². The van der Waals surface area contributed by atoms with E-state index in [4.69, 9.17) is 4.74 Å². The van der Waals surface area contributed by atoms with Crippen LogP contribution in [0.4, 0.5) is 17.3 Å². The number of pyridine rings is 1. The number of hydrogen-bond acceptors (Lipinski definition) is 8. The number of methoxy groups -OCH3 is 1. The first-order valence-electron chi connectivity index (χ1n) is 11.4. The van der Waals surface area contributed by atoms with Gasteiger partial charge in [-0.25, -0.2) is 4.98 Å². The molecular weight excluding hydrogens is 438 g/mol. The first-order chi connectivity index (χ1) is 16.3. The maximum absolute atomic E-state index is 13.1. The minimum absolute atomic E-state index is 0.0883. The van der Waals surface area contributed by atoms with E-state index < -0.39 is 6.10 Å². The van der Waals surface area contributed by atoms with Crippen molar-refractivity contribution in [2.45, 2.75) is 56.4 Å². The van der Waals surface area contributed by atoms with E-state index in [2.05, 4.69) is 26.0 Å². The lowest BCUT2D eigenvalue weighted by molar-refractivity contribution is -0.0828. The number of ether oxygens (including phenoxy) is 1. The number of aliphatic hydroxyl groups is 1. The summed E-state index contributed by atoms with van der Waals surface area (Å²) in [5.41, 5.74) is 0.394. The minimum atomic E-state index is -0.512. The van der Waals surface area contributed by atoms with E-state index in [-0.39, 0.29) is 29.2 Å². The van der Waals surface area contributed by atoms with Crippen molar-refractivity contribution in [2.75, 3.05) is 24.8 Å². The lowest BCUT2D eigenvalue weighted by Gasteiger charge is -2.45. The number of rotatable bonds is 7. The molecule has 4 atom stereocenters. The highest BCUT2D eigenvalue weighted by atomic mass is 16.5. The summed E-state index contributed by atoms with van der Waals surface area (Å²) in [4.78, 5) is 30.7. The zero-order valence-corrected chi connectivity index (χ0v) is 19.4. The summed E-state index contributed by atoms with van der Waals surface area (Å²) in [7, 11) is 3.39. The van der Waals surface area contributed by atoms with E-state index in [9.17, 15) is 14.7 Å². The Morgan fingerprint density at radius 1 is 1.32 bits per heavy atom. The Morgan fingerprint density at radius 2 is 2.15 bits per heavy atom. The molecule has 180 valence electrons. The summed E-state index contributed by atoms with van der Waals surface area (Å²) < 4.78 is 8.65. The Balaban J connectivity index is 1.46. The Labute approximate surface area is 196 Å². The average Bonchev–Trinajstić information content (AvgIpc) is 3.26. The molecule has 2 aliphatic rings. The normalized spacial score (nSPS) is 25.9. The molecule has 34 heavy (non-hydrogen) atoms. The van der Waals surface area contributed by atoms with Crippen LogP contribution in [0.5, 0.6) is 0 Å². The van der Waals surface area contributed by atoms with Crippen molar-refractivity contribution in [1.29, 1.82) is 0 Å². The number of anilines is 3. The Bertz CT molecular complexity index is 1300. The molecule has 0 radical (unpaired) electrons. The van der Waals surface area contributed by atoms with E-state index in [1.807, 2.05) is 6.92 Å². The number of carbonyl (C=O) groups excluding carboxylic acids is 1. The molecule has 3 aromatic heterocycles. The molecule has 0 spiro atoms. The first-order valence-corrected chi connectivity index (χ1v) is 11.4. The minimum Gasteiger partial charge on any atom is -0.391 e. The highest BCUT2D eigenvalue weighted by Gasteiger charge is 2.44. The number of nitrogens with zero attached hydrogens (tertiary/aromatic N) is 4. The molecule has 2 fully saturated rings. The second-order valence-electron chi connectivity index (χ2n) is 9.12. The number of nitrogens with one attached hydrogen (secondary N) is 3. The highest BCUT2D eigenvalue weighted by molar-refractivity contribution is 6.00. The Morgan fingerprint density at radius 3 is 2.76 bits per heavy atom. The molecule has 1 unspecified atom stereocenters. The first kappa shape index (κ1) is 22.4. The van der Waals surface area contributed by atoms with Gasteiger partial charge >= 0.3 is 0 Å². The molecule has 1 amide bonds. The van der Waals surface area contributed by atoms with E-state index in [1.165, 1.54) is 6.20 Å². The standard InChI is InChI=1S/C23H29N7O4/c1-23(34-3)9-8-17(23)27-21(32)13-12-25-30-19(24-2)11-18(28-20(13)30)26-14-5-4-10-29(22(14)33)15-6-7-16(15)31/h4-5,10-12,15-17,24,31H,6-9H2,1-3H3,(H,26,28)(H,27,32)/t15-,16-,17?,23+/m1/s1. The van der Waals surface area contributed by atoms with Gasteiger partial charge in [0.15, 0.2) is 5.65 Å². The number of aromatic nitrogens is 4. The van der Waals surface area contributed by atoms with Gasteiger partial charge in [-0.05, 0) is 44.7 Å². The van der Waals surface area contributed by atoms with E-state index in [1.54, 1.807) is 47.6 Å². The summed E-state index contributed by atoms with van der Waals surface area (Å²) in [6.45, 7) is 1.98. The third-order valence-corrected chi connectivity index (χ3v) is 7.21. The summed E-state index contributed by atoms with van der Waals surface area (Å²) in [6.07, 6.45) is 5.83. The van der Waals surface area contributed by atoms with Crippen molar-refractivity contribution in [3.05, 3.63) is 46.5 Å². The zero-order chi connectivity index (χ0) is 24.0. The van der Waals surface area contributed by atoms with Crippen LogP contribution >= 0.6 is 0 Å². The molecule has 5 rings (SSSR count). The quantitative estimate of drug-likeness (QED) is 0.412. The van der Waals surface area contributed by atoms with Crippen LogP contribution in [0.1, 0.15) is 49.0 Å². The van der Waals surface area contributed by atoms with Crippen molar-refractivity contribution in [1.82, 2.24) is 24.5 Å². The summed E-state index contributed by atoms with van der Waals surface area (Å²) in [6, 6.07) is 4.84. The predicted molar refractivity (Wildman–Crippen MR) is 127 cm³/mol. The lowest BCUT2D eigenvalue weighted by atomic mass is 9.76. The third kappa shape index (κ3) is 3.61. The average molecular weight is 468 g/mol. The Kier molecular flexibility index (Phi) is 5.53. The summed E-state index contributed by atoms with van der Waals surface area (Å²) in [5, 5.41) is 23.5. The van der Waals surface area contributed by atoms with Crippen molar-refractivity contribution >= 4 is 28.9 Å². The largest absolute Gasteiger partial charge is 0.391 e. The summed E-state index contributed by atoms with van der Waals surface area (Å²) >= 11 is 0. The molecule has 0 aromatic carbocycles. The molecule has 3 heterocycles. The van der Waals surface area contributed by atoms with Crippen molar-refractivity contribution in [3.63, 3.8) is 0 Å². The van der Waals surface area contributed by atoms with Crippen LogP contribution in [0.25, 0.3) is 5.65 Å². The van der Waals surface area contributed by atoms with Crippen molar-refractivity contribution in [3.8, 4) is 0 Å². The lowest BCUT2D eigenvalue weighted by Crippen LogP contribution is -2.59. The maximum Gasteiger partial charge on any atom is 0.274 e. The zero-order valence-electron chi connectivity index (χ0n) is 19.4. The fraction of sp³-hybridized carbons (Fsp3) is 0.478. The second kappa shape index (κ2) is 8.41. The number of amides is 1. The van der Waals surface area contributed by atoms with Gasteiger partial charge < -0.3 is 30.4 Å². The Hall–Kier alpha value is -3.44. The van der Waals surface area contributed by atoms with Crippen LogP contribution in [0.15, 0.2) is 35.4 Å². The molecule has 4 N–H and O–H groups in total. The number of aliphatic hydroxyl groups excluding tert-OH is 1. The molecule has 0 saturated heterocycles. The molecule has 3 aromatic rings. The maximum atomic E-state index is 13.1. The van der Waals surface area contributed by atoms with Gasteiger partial charge in [0.25, 0.3) is 11.5 Å². The van der Waals surface area contributed by atoms with Gasteiger partial charge in [0.05, 0.1) is 30.0 Å². The van der Waals surface area contributed by atoms with Gasteiger partial charge in [0.1, 0.15) is 22.9 Å². The van der Waals surface area contributed by atoms with E-state index >= 15 is 0 Å². The van der Waals surface area contributed by atoms with Gasteiger partial charge in [-0.15, -0.1) is 0 Å². The highest BCUT2D eigenvalue weighted by Crippen LogP contribution is 2.35. The number of carbonyl (C=O) groups is 1. The second-order valence-corrected chi connectivity index (χ2v) is 9.12. The SMILES string of the molecule is CNc1cc(Nc2cccn([C@@H]3CC[C@H]3O)c2=O)nc2c(C(=O)NC3CC[C@]3(C)OC)cnn12. The van der Waals surface area contributed by atoms with Crippen LogP contribution in [-0.4, -0.2) is 62.1 Å². The van der Waals surface area contributed by atoms with Crippen molar-refractivity contribution < 1.29 is 14.6 Å². The van der Waals surface area contributed by atoms with Gasteiger partial charge in [-0.2, -0.15) is 9.61 Å². The molecule has 11 heteroatoms. The molecule has 2 saturated carbocycles. The number of hydrogen-bond donors (Lipinski definition) is 4. The van der Waals surface area contributed by atoms with Gasteiger partial charge in [0, 0.05) is 26.4 Å². The van der Waals surface area contributed by atoms with Crippen LogP contribution in [0.2, 0.25) is 0 Å². The van der Waals surface area contributed by atoms with Gasteiger partial charge in [-0.1, -0.05) is 0 Å². The summed E-state index contributed by atoms with van der Waals surface area (Å²) in [5.74, 6) is 0.707. The monoisotopic (exact) mass is 467 g/mol.